The van der Waals surface area contributed by atoms with Crippen molar-refractivity contribution in [2.24, 2.45) is 0 Å². The van der Waals surface area contributed by atoms with Crippen molar-refractivity contribution in [3.63, 3.8) is 0 Å². The highest BCUT2D eigenvalue weighted by Crippen LogP contribution is 2.35. The summed E-state index contributed by atoms with van der Waals surface area (Å²) >= 11 is 6.66. The lowest BCUT2D eigenvalue weighted by Crippen LogP contribution is -2.39. The maximum absolute atomic E-state index is 13.5. The van der Waals surface area contributed by atoms with Gasteiger partial charge in [0.25, 0.3) is 5.56 Å². The maximum Gasteiger partial charge on any atom is 0.323 e. The number of aromatic nitrogens is 2. The molecule has 1 aliphatic heterocycles. The van der Waals surface area contributed by atoms with Gasteiger partial charge in [0.1, 0.15) is 36.8 Å². The summed E-state index contributed by atoms with van der Waals surface area (Å²) in [6, 6.07) is 15.3. The van der Waals surface area contributed by atoms with Crippen molar-refractivity contribution in [3.8, 4) is 28.7 Å². The second kappa shape index (κ2) is 17.1. The van der Waals surface area contributed by atoms with E-state index < -0.39 is 18.6 Å². The number of ether oxygens (including phenoxy) is 2. The van der Waals surface area contributed by atoms with Crippen molar-refractivity contribution >= 4 is 17.6 Å². The zero-order chi connectivity index (χ0) is 34.8. The van der Waals surface area contributed by atoms with Crippen molar-refractivity contribution in [1.29, 1.82) is 5.26 Å². The van der Waals surface area contributed by atoms with Crippen LogP contribution in [0.25, 0.3) is 11.1 Å². The van der Waals surface area contributed by atoms with Crippen LogP contribution in [-0.2, 0) is 31.1 Å². The molecule has 3 N–H and O–H groups in total. The minimum absolute atomic E-state index is 0.0269. The fourth-order valence-corrected chi connectivity index (χ4v) is 6.13. The number of aliphatic carboxylic acids is 1. The van der Waals surface area contributed by atoms with E-state index in [-0.39, 0.29) is 30.3 Å². The molecule has 2 aromatic heterocycles. The highest BCUT2D eigenvalue weighted by molar-refractivity contribution is 6.32. The number of nitrogens with zero attached hydrogens (tertiary/aromatic N) is 4. The van der Waals surface area contributed by atoms with Gasteiger partial charge in [-0.05, 0) is 86.8 Å². The molecule has 12 heteroatoms. The number of rotatable bonds is 16. The maximum atomic E-state index is 13.5. The van der Waals surface area contributed by atoms with Gasteiger partial charge in [-0.2, -0.15) is 5.26 Å². The number of carboxylic acid groups (broad SMARTS) is 1. The molecule has 0 saturated carbocycles. The second-order valence-corrected chi connectivity index (χ2v) is 12.4. The number of aliphatic hydroxyl groups excluding tert-OH is 1. The van der Waals surface area contributed by atoms with Crippen LogP contribution in [0.3, 0.4) is 0 Å². The molecule has 1 aliphatic rings. The molecule has 0 spiro atoms. The van der Waals surface area contributed by atoms with E-state index >= 15 is 0 Å². The summed E-state index contributed by atoms with van der Waals surface area (Å²) in [6.45, 7) is 5.57. The number of pyridine rings is 2. The van der Waals surface area contributed by atoms with E-state index in [0.717, 1.165) is 42.7 Å². The average Bonchev–Trinajstić information content (AvgIpc) is 3.62. The van der Waals surface area contributed by atoms with Crippen LogP contribution in [0.2, 0.25) is 5.02 Å². The molecule has 49 heavy (non-hydrogen) atoms. The zero-order valence-electron chi connectivity index (χ0n) is 27.4. The first-order valence-corrected chi connectivity index (χ1v) is 16.6. The van der Waals surface area contributed by atoms with Crippen LogP contribution in [0, 0.1) is 18.3 Å². The first kappa shape index (κ1) is 35.6. The number of hydrogen-bond acceptors (Lipinski definition) is 9. The van der Waals surface area contributed by atoms with Crippen molar-refractivity contribution in [1.82, 2.24) is 19.8 Å². The summed E-state index contributed by atoms with van der Waals surface area (Å²) in [5.41, 5.74) is 4.82. The average molecular weight is 686 g/mol. The molecule has 1 atom stereocenters. The van der Waals surface area contributed by atoms with Crippen molar-refractivity contribution in [2.45, 2.75) is 58.5 Å². The van der Waals surface area contributed by atoms with Gasteiger partial charge in [-0.15, -0.1) is 0 Å². The predicted octanol–water partition coefficient (Wildman–Crippen LogP) is 4.92. The quantitative estimate of drug-likeness (QED) is 0.148. The first-order chi connectivity index (χ1) is 23.8. The lowest BCUT2D eigenvalue weighted by atomic mass is 9.97. The van der Waals surface area contributed by atoms with Gasteiger partial charge in [0, 0.05) is 54.4 Å². The van der Waals surface area contributed by atoms with E-state index in [4.69, 9.17) is 21.1 Å². The van der Waals surface area contributed by atoms with Crippen LogP contribution >= 0.6 is 11.6 Å². The molecule has 0 aliphatic carbocycles. The number of nitrogens with one attached hydrogen (secondary N) is 1. The summed E-state index contributed by atoms with van der Waals surface area (Å²) in [4.78, 5) is 31.5. The second-order valence-electron chi connectivity index (χ2n) is 12.0. The molecule has 1 fully saturated rings. The predicted molar refractivity (Wildman–Crippen MR) is 186 cm³/mol. The van der Waals surface area contributed by atoms with E-state index in [1.807, 2.05) is 43.5 Å². The Balaban J connectivity index is 1.34. The molecule has 256 valence electrons. The van der Waals surface area contributed by atoms with Gasteiger partial charge in [0.2, 0.25) is 0 Å². The van der Waals surface area contributed by atoms with Gasteiger partial charge < -0.3 is 29.2 Å². The SMILES string of the molecule is Cc1c(COc2cc(OCc3cncc(C#N)c3)c(CN[C@@H](CO)C(=O)O)cc2Cl)cccc1-c1cccn(CCCN2CCCC2)c1=O. The van der Waals surface area contributed by atoms with Gasteiger partial charge in [-0.1, -0.05) is 29.8 Å². The summed E-state index contributed by atoms with van der Waals surface area (Å²) in [6.07, 6.45) is 8.30. The Morgan fingerprint density at radius 2 is 1.82 bits per heavy atom. The van der Waals surface area contributed by atoms with Crippen LogP contribution in [0.1, 0.15) is 47.1 Å². The van der Waals surface area contributed by atoms with Crippen LogP contribution < -0.4 is 20.3 Å². The Morgan fingerprint density at radius 1 is 1.04 bits per heavy atom. The number of carbonyl (C=O) groups is 1. The Kier molecular flexibility index (Phi) is 12.4. The molecule has 0 unspecified atom stereocenters. The van der Waals surface area contributed by atoms with Gasteiger partial charge in [-0.3, -0.25) is 19.9 Å². The third kappa shape index (κ3) is 9.25. The third-order valence-electron chi connectivity index (χ3n) is 8.66. The van der Waals surface area contributed by atoms with Crippen LogP contribution in [0.4, 0.5) is 0 Å². The van der Waals surface area contributed by atoms with Crippen LogP contribution in [0.5, 0.6) is 11.5 Å². The van der Waals surface area contributed by atoms with E-state index in [2.05, 4.69) is 21.3 Å². The van der Waals surface area contributed by atoms with Crippen LogP contribution in [-0.4, -0.2) is 62.9 Å². The van der Waals surface area contributed by atoms with E-state index in [1.165, 1.54) is 19.0 Å². The van der Waals surface area contributed by atoms with Crippen molar-refractivity contribution < 1.29 is 24.5 Å². The Labute approximate surface area is 290 Å². The summed E-state index contributed by atoms with van der Waals surface area (Å²) in [5.74, 6) is -0.484. The van der Waals surface area contributed by atoms with E-state index in [1.54, 1.807) is 29.0 Å². The molecule has 1 saturated heterocycles. The minimum atomic E-state index is -1.19. The number of hydrogen-bond donors (Lipinski definition) is 3. The monoisotopic (exact) mass is 685 g/mol. The van der Waals surface area contributed by atoms with Crippen molar-refractivity contribution in [2.75, 3.05) is 26.2 Å². The van der Waals surface area contributed by atoms with Gasteiger partial charge in [-0.25, -0.2) is 0 Å². The van der Waals surface area contributed by atoms with Gasteiger partial charge in [0.05, 0.1) is 17.2 Å². The van der Waals surface area contributed by atoms with E-state index in [0.29, 0.717) is 40.3 Å². The Morgan fingerprint density at radius 3 is 2.57 bits per heavy atom. The van der Waals surface area contributed by atoms with Gasteiger partial charge in [0.15, 0.2) is 0 Å². The molecule has 4 aromatic rings. The lowest BCUT2D eigenvalue weighted by Gasteiger charge is -2.18. The topological polar surface area (TPSA) is 150 Å². The van der Waals surface area contributed by atoms with Gasteiger partial charge >= 0.3 is 5.97 Å². The minimum Gasteiger partial charge on any atom is -0.488 e. The van der Waals surface area contributed by atoms with Crippen LogP contribution in [0.15, 0.2) is 71.9 Å². The number of benzene rings is 2. The molecule has 5 rings (SSSR count). The molecule has 2 aromatic carbocycles. The Bertz CT molecular complexity index is 1870. The summed E-state index contributed by atoms with van der Waals surface area (Å²) < 4.78 is 14.1. The summed E-state index contributed by atoms with van der Waals surface area (Å²) in [7, 11) is 0. The fourth-order valence-electron chi connectivity index (χ4n) is 5.89. The number of likely N-dealkylation sites (tertiary alicyclic amines) is 1. The van der Waals surface area contributed by atoms with E-state index in [9.17, 15) is 25.1 Å². The molecule has 0 radical (unpaired) electrons. The lowest BCUT2D eigenvalue weighted by molar-refractivity contribution is -0.140. The molecule has 0 amide bonds. The highest BCUT2D eigenvalue weighted by atomic mass is 35.5. The number of carboxylic acids is 1. The molecular formula is C37H40ClN5O6. The third-order valence-corrected chi connectivity index (χ3v) is 8.96. The van der Waals surface area contributed by atoms with Crippen molar-refractivity contribution in [3.05, 3.63) is 110 Å². The number of halogens is 1. The summed E-state index contributed by atoms with van der Waals surface area (Å²) in [5, 5.41) is 31.1. The number of aliphatic hydroxyl groups is 1. The number of aryl methyl sites for hydroxylation is 1. The normalized spacial score (nSPS) is 13.6. The molecule has 11 nitrogen and oxygen atoms in total. The highest BCUT2D eigenvalue weighted by Gasteiger charge is 2.19. The standard InChI is InChI=1S/C37H40ClN5O6/c1-25-28(7-4-8-30(25)31-9-5-13-43(36(31)45)14-6-12-42-10-2-3-11-42)24-49-35-17-34(48-23-27-15-26(18-39)19-40-20-27)29(16-32(35)38)21-41-33(22-44)37(46)47/h4-5,7-9,13,15-17,19-20,33,41,44H,2-3,6,10-12,14,21-24H2,1H3,(H,46,47)/t33-/m0/s1. The zero-order valence-corrected chi connectivity index (χ0v) is 28.2. The smallest absolute Gasteiger partial charge is 0.323 e. The Hall–Kier alpha value is -4.73. The first-order valence-electron chi connectivity index (χ1n) is 16.3. The molecule has 3 heterocycles. The largest absolute Gasteiger partial charge is 0.488 e. The molecule has 0 bridgehead atoms. The molecular weight excluding hydrogens is 646 g/mol. The fraction of sp³-hybridized carbons (Fsp3) is 0.351. The number of nitriles is 1.